The van der Waals surface area contributed by atoms with Crippen LogP contribution in [0.25, 0.3) is 5.57 Å². The Hall–Kier alpha value is -1.86. The maximum atomic E-state index is 13.1. The van der Waals surface area contributed by atoms with E-state index in [1.54, 1.807) is 0 Å². The van der Waals surface area contributed by atoms with E-state index in [4.69, 9.17) is 8.92 Å². The number of hydrogen-bond acceptors (Lipinski definition) is 5. The summed E-state index contributed by atoms with van der Waals surface area (Å²) in [7, 11) is -3.79. The molecule has 1 spiro atoms. The first-order valence-corrected chi connectivity index (χ1v) is 11.5. The number of hydrogen-bond donors (Lipinski definition) is 1. The van der Waals surface area contributed by atoms with Gasteiger partial charge in [0.15, 0.2) is 5.76 Å². The molecule has 7 heteroatoms. The molecule has 1 fully saturated rings. The first kappa shape index (κ1) is 20.9. The van der Waals surface area contributed by atoms with E-state index in [0.29, 0.717) is 25.0 Å². The summed E-state index contributed by atoms with van der Waals surface area (Å²) in [5, 5.41) is 3.06. The largest absolute Gasteiger partial charge is 0.384 e. The summed E-state index contributed by atoms with van der Waals surface area (Å²) in [6.07, 6.45) is 3.80. The van der Waals surface area contributed by atoms with E-state index in [2.05, 4.69) is 5.32 Å². The quantitative estimate of drug-likeness (QED) is 0.759. The highest BCUT2D eigenvalue weighted by atomic mass is 32.2. The number of rotatable bonds is 5. The fraction of sp³-hybridized carbons (Fsp3) is 0.571. The van der Waals surface area contributed by atoms with E-state index in [1.165, 1.54) is 0 Å². The molecule has 1 N–H and O–H groups in total. The third-order valence-corrected chi connectivity index (χ3v) is 6.06. The summed E-state index contributed by atoms with van der Waals surface area (Å²) in [5.74, 6) is -0.0337. The molecule has 1 aromatic carbocycles. The number of carbonyl (C=O) groups excluding carboxylic acids is 1. The normalized spacial score (nSPS) is 25.3. The standard InChI is InChI=1S/C21H29NO5S/c1-6-26-16-7-9-21(10-8-16)19(27-28(5,24)25)18(20(23)22-21)17-14(3)11-13(2)12-15(17)4/h11-12,16H,6-10H2,1-5H3,(H,22,23). The van der Waals surface area contributed by atoms with Gasteiger partial charge in [0.05, 0.1) is 17.9 Å². The zero-order valence-electron chi connectivity index (χ0n) is 17.2. The molecule has 1 amide bonds. The molecule has 2 aliphatic rings. The molecule has 0 aromatic heterocycles. The second-order valence-corrected chi connectivity index (χ2v) is 9.53. The molecule has 0 atom stereocenters. The van der Waals surface area contributed by atoms with Gasteiger partial charge in [-0.1, -0.05) is 17.7 Å². The van der Waals surface area contributed by atoms with Crippen molar-refractivity contribution < 1.29 is 22.1 Å². The fourth-order valence-corrected chi connectivity index (χ4v) is 5.14. The van der Waals surface area contributed by atoms with Crippen molar-refractivity contribution in [2.75, 3.05) is 12.9 Å². The predicted octanol–water partition coefficient (Wildman–Crippen LogP) is 3.15. The fourth-order valence-electron chi connectivity index (χ4n) is 4.59. The summed E-state index contributed by atoms with van der Waals surface area (Å²) in [6, 6.07) is 4.00. The Kier molecular flexibility index (Phi) is 5.60. The van der Waals surface area contributed by atoms with Crippen molar-refractivity contribution in [1.29, 1.82) is 0 Å². The van der Waals surface area contributed by atoms with Crippen molar-refractivity contribution in [3.05, 3.63) is 40.1 Å². The molecule has 1 saturated carbocycles. The molecule has 154 valence electrons. The molecule has 28 heavy (non-hydrogen) atoms. The van der Waals surface area contributed by atoms with Crippen LogP contribution in [0.3, 0.4) is 0 Å². The number of aryl methyl sites for hydroxylation is 3. The third kappa shape index (κ3) is 3.96. The Labute approximate surface area is 167 Å². The number of nitrogens with one attached hydrogen (secondary N) is 1. The predicted molar refractivity (Wildman–Crippen MR) is 108 cm³/mol. The molecule has 1 aromatic rings. The lowest BCUT2D eigenvalue weighted by Gasteiger charge is -2.38. The van der Waals surface area contributed by atoms with E-state index in [0.717, 1.165) is 41.4 Å². The Morgan fingerprint density at radius 3 is 2.21 bits per heavy atom. The van der Waals surface area contributed by atoms with Crippen LogP contribution in [0.4, 0.5) is 0 Å². The average molecular weight is 408 g/mol. The minimum Gasteiger partial charge on any atom is -0.384 e. The molecule has 1 aliphatic heterocycles. The van der Waals surface area contributed by atoms with Crippen molar-refractivity contribution >= 4 is 21.6 Å². The van der Waals surface area contributed by atoms with Gasteiger partial charge in [0.1, 0.15) is 5.54 Å². The topological polar surface area (TPSA) is 81.7 Å². The highest BCUT2D eigenvalue weighted by Gasteiger charge is 2.50. The minimum absolute atomic E-state index is 0.124. The van der Waals surface area contributed by atoms with Gasteiger partial charge < -0.3 is 14.2 Å². The van der Waals surface area contributed by atoms with Crippen LogP contribution in [0.15, 0.2) is 17.9 Å². The van der Waals surface area contributed by atoms with Gasteiger partial charge in [-0.15, -0.1) is 0 Å². The first-order valence-electron chi connectivity index (χ1n) is 9.73. The van der Waals surface area contributed by atoms with Crippen LogP contribution >= 0.6 is 0 Å². The summed E-state index contributed by atoms with van der Waals surface area (Å²) in [6.45, 7) is 8.47. The Morgan fingerprint density at radius 1 is 1.14 bits per heavy atom. The van der Waals surface area contributed by atoms with Gasteiger partial charge in [-0.3, -0.25) is 4.79 Å². The van der Waals surface area contributed by atoms with Crippen LogP contribution in [-0.2, 0) is 23.8 Å². The van der Waals surface area contributed by atoms with Crippen molar-refractivity contribution in [3.63, 3.8) is 0 Å². The highest BCUT2D eigenvalue weighted by Crippen LogP contribution is 2.45. The molecule has 0 unspecified atom stereocenters. The maximum Gasteiger partial charge on any atom is 0.306 e. The second kappa shape index (κ2) is 7.52. The summed E-state index contributed by atoms with van der Waals surface area (Å²) < 4.78 is 35.4. The van der Waals surface area contributed by atoms with Gasteiger partial charge in [-0.25, -0.2) is 0 Å². The van der Waals surface area contributed by atoms with E-state index >= 15 is 0 Å². The number of ether oxygens (including phenoxy) is 1. The van der Waals surface area contributed by atoms with E-state index < -0.39 is 15.7 Å². The van der Waals surface area contributed by atoms with Crippen LogP contribution in [-0.4, -0.2) is 38.8 Å². The molecular weight excluding hydrogens is 378 g/mol. The van der Waals surface area contributed by atoms with Gasteiger partial charge in [-0.05, 0) is 70.1 Å². The molecule has 0 saturated heterocycles. The minimum atomic E-state index is -3.79. The van der Waals surface area contributed by atoms with E-state index in [9.17, 15) is 13.2 Å². The summed E-state index contributed by atoms with van der Waals surface area (Å²) in [4.78, 5) is 13.1. The lowest BCUT2D eigenvalue weighted by molar-refractivity contribution is -0.116. The number of carbonyl (C=O) groups is 1. The van der Waals surface area contributed by atoms with Gasteiger partial charge in [0.25, 0.3) is 5.91 Å². The van der Waals surface area contributed by atoms with Crippen LogP contribution < -0.4 is 5.32 Å². The van der Waals surface area contributed by atoms with Gasteiger partial charge >= 0.3 is 10.1 Å². The smallest absolute Gasteiger partial charge is 0.306 e. The van der Waals surface area contributed by atoms with Gasteiger partial charge in [-0.2, -0.15) is 8.42 Å². The zero-order valence-corrected chi connectivity index (χ0v) is 18.0. The van der Waals surface area contributed by atoms with Crippen molar-refractivity contribution in [1.82, 2.24) is 5.32 Å². The summed E-state index contributed by atoms with van der Waals surface area (Å²) >= 11 is 0. The molecular formula is C21H29NO5S. The molecule has 1 aliphatic carbocycles. The highest BCUT2D eigenvalue weighted by molar-refractivity contribution is 7.86. The Bertz CT molecular complexity index is 901. The van der Waals surface area contributed by atoms with Crippen LogP contribution in [0.2, 0.25) is 0 Å². The van der Waals surface area contributed by atoms with Crippen molar-refractivity contribution in [2.24, 2.45) is 0 Å². The van der Waals surface area contributed by atoms with Gasteiger partial charge in [0, 0.05) is 6.61 Å². The first-order chi connectivity index (χ1) is 13.1. The third-order valence-electron chi connectivity index (χ3n) is 5.59. The van der Waals surface area contributed by atoms with Crippen LogP contribution in [0.1, 0.15) is 54.9 Å². The monoisotopic (exact) mass is 407 g/mol. The number of benzene rings is 1. The van der Waals surface area contributed by atoms with Crippen LogP contribution in [0, 0.1) is 20.8 Å². The lowest BCUT2D eigenvalue weighted by Crippen LogP contribution is -2.49. The van der Waals surface area contributed by atoms with E-state index in [1.807, 2.05) is 39.8 Å². The lowest BCUT2D eigenvalue weighted by atomic mass is 9.79. The van der Waals surface area contributed by atoms with Crippen LogP contribution in [0.5, 0.6) is 0 Å². The van der Waals surface area contributed by atoms with Gasteiger partial charge in [0.2, 0.25) is 0 Å². The Balaban J connectivity index is 2.14. The SMILES string of the molecule is CCOC1CCC2(CC1)NC(=O)C(c1c(C)cc(C)cc1C)=C2OS(C)(=O)=O. The maximum absolute atomic E-state index is 13.1. The van der Waals surface area contributed by atoms with E-state index in [-0.39, 0.29) is 17.8 Å². The molecule has 3 rings (SSSR count). The Morgan fingerprint density at radius 2 is 1.71 bits per heavy atom. The zero-order chi connectivity index (χ0) is 20.7. The number of amides is 1. The second-order valence-electron chi connectivity index (χ2n) is 7.96. The van der Waals surface area contributed by atoms with Crippen molar-refractivity contribution in [2.45, 2.75) is 65.0 Å². The van der Waals surface area contributed by atoms with Crippen molar-refractivity contribution in [3.8, 4) is 0 Å². The average Bonchev–Trinajstić information content (AvgIpc) is 2.80. The molecule has 0 radical (unpaired) electrons. The molecule has 1 heterocycles. The molecule has 0 bridgehead atoms. The molecule has 6 nitrogen and oxygen atoms in total. The summed E-state index contributed by atoms with van der Waals surface area (Å²) in [5.41, 5.74) is 3.25.